The normalized spacial score (nSPS) is 16.7. The zero-order valence-corrected chi connectivity index (χ0v) is 53.2. The van der Waals surface area contributed by atoms with Crippen molar-refractivity contribution in [3.8, 4) is 0 Å². The monoisotopic (exact) mass is 1250 g/mol. The molecule has 9 rings (SSSR count). The molecule has 3 amide bonds. The molecule has 432 valence electrons. The molecule has 0 saturated carbocycles. The van der Waals surface area contributed by atoms with Crippen molar-refractivity contribution in [2.24, 2.45) is 0 Å². The first-order valence-electron chi connectivity index (χ1n) is 27.4. The highest BCUT2D eigenvalue weighted by molar-refractivity contribution is 7.99. The van der Waals surface area contributed by atoms with Crippen LogP contribution in [-0.4, -0.2) is 127 Å². The van der Waals surface area contributed by atoms with E-state index < -0.39 is 0 Å². The maximum absolute atomic E-state index is 12.4. The molecule has 6 aromatic carbocycles. The van der Waals surface area contributed by atoms with E-state index in [2.05, 4.69) is 106 Å². The SMILES string of the molecule is CC[N+](C)(Cc1ccc(NC(=O)c2ccc(Cl)c(Cl)c2)cc1)C1CCOCC1.C[N+](C)(Cc1ccc(NC(=O)c2ccc(Cl)c(Cl)c2)cc1)C1CCSC1.C[N+](C)(Cc1ccc(NC(=O)c2ccc(Cl)c(Cl)c2)cc1)C1CCSCC1. The van der Waals surface area contributed by atoms with Crippen molar-refractivity contribution in [3.05, 3.63) is 191 Å². The lowest BCUT2D eigenvalue weighted by molar-refractivity contribution is -0.946. The topological polar surface area (TPSA) is 96.5 Å². The van der Waals surface area contributed by atoms with E-state index in [4.69, 9.17) is 74.3 Å². The van der Waals surface area contributed by atoms with Crippen molar-refractivity contribution in [1.29, 1.82) is 0 Å². The molecule has 6 aromatic rings. The molecular weight excluding hydrogens is 1180 g/mol. The summed E-state index contributed by atoms with van der Waals surface area (Å²) in [4.78, 5) is 37.1. The highest BCUT2D eigenvalue weighted by Crippen LogP contribution is 2.31. The van der Waals surface area contributed by atoms with Gasteiger partial charge in [-0.3, -0.25) is 14.4 Å². The molecule has 3 aliphatic rings. The van der Waals surface area contributed by atoms with Crippen LogP contribution in [-0.2, 0) is 24.4 Å². The highest BCUT2D eigenvalue weighted by Gasteiger charge is 2.34. The van der Waals surface area contributed by atoms with Crippen molar-refractivity contribution >= 4 is 128 Å². The predicted octanol–water partition coefficient (Wildman–Crippen LogP) is 16.4. The van der Waals surface area contributed by atoms with Gasteiger partial charge in [0, 0.05) is 88.3 Å². The maximum Gasteiger partial charge on any atom is 0.255 e. The first kappa shape index (κ1) is 64.6. The summed E-state index contributed by atoms with van der Waals surface area (Å²) < 4.78 is 8.55. The standard InChI is InChI=1S/C22H26Cl2N2O2.C21H24Cl2N2OS.C20H22Cl2N2OS/c1-3-26(2,19-10-12-28-13-11-19)15-16-4-7-18(8-5-16)25-22(27)17-6-9-20(23)21(24)14-17;1-25(2,18-9-11-27-12-10-18)14-15-3-6-17(7-4-15)24-21(26)16-5-8-19(22)20(23)13-16;1-24(2,17-9-10-26-13-17)12-14-3-6-16(7-4-14)23-20(25)15-5-8-18(21)19(22)11-15/h4-9,14,19H,3,10-13,15H2,1-2H3;3-8,13,18H,9-12,14H2,1-2H3;3-8,11,17H,9-10,12-13H2,1-2H3/p+3. The number of thioether (sulfide) groups is 2. The van der Waals surface area contributed by atoms with Crippen molar-refractivity contribution in [2.75, 3.05) is 94.0 Å². The van der Waals surface area contributed by atoms with Crippen LogP contribution in [0.25, 0.3) is 0 Å². The van der Waals surface area contributed by atoms with Crippen LogP contribution >= 0.6 is 93.1 Å². The Labute approximate surface area is 518 Å². The van der Waals surface area contributed by atoms with Crippen LogP contribution < -0.4 is 16.0 Å². The van der Waals surface area contributed by atoms with E-state index in [1.54, 1.807) is 54.6 Å². The fourth-order valence-corrected chi connectivity index (χ4v) is 13.9. The van der Waals surface area contributed by atoms with E-state index in [0.29, 0.717) is 58.9 Å². The Bertz CT molecular complexity index is 3060. The van der Waals surface area contributed by atoms with Gasteiger partial charge in [0.1, 0.15) is 19.6 Å². The minimum Gasteiger partial charge on any atom is -0.381 e. The lowest BCUT2D eigenvalue weighted by Gasteiger charge is -2.42. The first-order valence-corrected chi connectivity index (χ1v) is 32.0. The Hall–Kier alpha value is -3.99. The summed E-state index contributed by atoms with van der Waals surface area (Å²) in [6.07, 6.45) is 6.09. The zero-order valence-electron chi connectivity index (χ0n) is 47.0. The molecule has 3 N–H and O–H groups in total. The van der Waals surface area contributed by atoms with Crippen molar-refractivity contribution in [3.63, 3.8) is 0 Å². The zero-order chi connectivity index (χ0) is 58.3. The van der Waals surface area contributed by atoms with Crippen LogP contribution in [0, 0.1) is 0 Å². The Morgan fingerprint density at radius 1 is 0.444 bits per heavy atom. The molecule has 0 radical (unpaired) electrons. The van der Waals surface area contributed by atoms with Crippen molar-refractivity contribution in [1.82, 2.24) is 0 Å². The summed E-state index contributed by atoms with van der Waals surface area (Å²) in [5, 5.41) is 11.2. The van der Waals surface area contributed by atoms with Crippen LogP contribution in [0.3, 0.4) is 0 Å². The van der Waals surface area contributed by atoms with E-state index in [1.165, 1.54) is 59.0 Å². The molecule has 0 aromatic heterocycles. The molecule has 2 unspecified atom stereocenters. The number of benzene rings is 6. The summed E-state index contributed by atoms with van der Waals surface area (Å²) in [5.74, 6) is 4.45. The summed E-state index contributed by atoms with van der Waals surface area (Å²) in [6, 6.07) is 41.0. The number of anilines is 3. The smallest absolute Gasteiger partial charge is 0.255 e. The molecule has 3 aliphatic heterocycles. The van der Waals surface area contributed by atoms with E-state index in [0.717, 1.165) is 88.8 Å². The number of hydrogen-bond acceptors (Lipinski definition) is 6. The van der Waals surface area contributed by atoms with Crippen LogP contribution in [0.2, 0.25) is 30.1 Å². The van der Waals surface area contributed by atoms with Gasteiger partial charge in [-0.25, -0.2) is 0 Å². The average Bonchev–Trinajstić information content (AvgIpc) is 4.03. The van der Waals surface area contributed by atoms with Gasteiger partial charge in [0.2, 0.25) is 0 Å². The Morgan fingerprint density at radius 3 is 1.14 bits per heavy atom. The van der Waals surface area contributed by atoms with Gasteiger partial charge in [0.25, 0.3) is 17.7 Å². The average molecular weight is 1260 g/mol. The number of carbonyl (C=O) groups is 3. The largest absolute Gasteiger partial charge is 0.381 e. The second kappa shape index (κ2) is 30.2. The Kier molecular flexibility index (Phi) is 24.1. The van der Waals surface area contributed by atoms with E-state index >= 15 is 0 Å². The van der Waals surface area contributed by atoms with Gasteiger partial charge in [-0.2, -0.15) is 23.5 Å². The number of nitrogens with one attached hydrogen (secondary N) is 3. The molecule has 3 saturated heterocycles. The third-order valence-electron chi connectivity index (χ3n) is 15.8. The number of hydrogen-bond donors (Lipinski definition) is 3. The van der Waals surface area contributed by atoms with Gasteiger partial charge in [-0.05, 0) is 115 Å². The minimum absolute atomic E-state index is 0.197. The highest BCUT2D eigenvalue weighted by atomic mass is 35.5. The summed E-state index contributed by atoms with van der Waals surface area (Å²) in [5.41, 5.74) is 7.58. The van der Waals surface area contributed by atoms with Gasteiger partial charge < -0.3 is 34.1 Å². The second-order valence-corrected chi connectivity index (χ2v) is 27.2. The summed E-state index contributed by atoms with van der Waals surface area (Å²) >= 11 is 39.8. The lowest BCUT2D eigenvalue weighted by Crippen LogP contribution is -2.53. The number of halogens is 6. The quantitative estimate of drug-likeness (QED) is 0.0836. The molecular formula is C63H75Cl6N6O4S2+3. The van der Waals surface area contributed by atoms with E-state index in [1.807, 2.05) is 48.2 Å². The molecule has 81 heavy (non-hydrogen) atoms. The molecule has 3 fully saturated rings. The van der Waals surface area contributed by atoms with Crippen molar-refractivity contribution in [2.45, 2.75) is 76.8 Å². The van der Waals surface area contributed by atoms with Crippen LogP contribution in [0.4, 0.5) is 17.1 Å². The van der Waals surface area contributed by atoms with Gasteiger partial charge in [-0.1, -0.05) is 106 Å². The molecule has 2 atom stereocenters. The fraction of sp³-hybridized carbons (Fsp3) is 0.381. The van der Waals surface area contributed by atoms with Crippen molar-refractivity contribution < 1.29 is 32.6 Å². The van der Waals surface area contributed by atoms with E-state index in [9.17, 15) is 14.4 Å². The minimum atomic E-state index is -0.206. The number of carbonyl (C=O) groups excluding carboxylic acids is 3. The second-order valence-electron chi connectivity index (χ2n) is 22.4. The molecule has 0 bridgehead atoms. The Balaban J connectivity index is 0.000000175. The number of nitrogens with zero attached hydrogens (tertiary/aromatic N) is 3. The van der Waals surface area contributed by atoms with Gasteiger partial charge in [0.15, 0.2) is 0 Å². The molecule has 3 heterocycles. The molecule has 0 spiro atoms. The number of amides is 3. The van der Waals surface area contributed by atoms with Crippen LogP contribution in [0.1, 0.15) is 86.8 Å². The third kappa shape index (κ3) is 19.0. The lowest BCUT2D eigenvalue weighted by atomic mass is 10.0. The van der Waals surface area contributed by atoms with Gasteiger partial charge in [-0.15, -0.1) is 0 Å². The maximum atomic E-state index is 12.4. The first-order chi connectivity index (χ1) is 38.6. The molecule has 0 aliphatic carbocycles. The molecule has 18 heteroatoms. The van der Waals surface area contributed by atoms with Gasteiger partial charge in [0.05, 0.1) is 103 Å². The van der Waals surface area contributed by atoms with Crippen LogP contribution in [0.5, 0.6) is 0 Å². The fourth-order valence-electron chi connectivity index (χ4n) is 10.5. The number of rotatable bonds is 16. The van der Waals surface area contributed by atoms with E-state index in [-0.39, 0.29) is 17.7 Å². The molecule has 10 nitrogen and oxygen atoms in total. The van der Waals surface area contributed by atoms with Gasteiger partial charge >= 0.3 is 0 Å². The number of ether oxygens (including phenoxy) is 1. The third-order valence-corrected chi connectivity index (χ3v) is 20.2. The Morgan fingerprint density at radius 2 is 0.790 bits per heavy atom. The number of quaternary nitrogens is 3. The summed E-state index contributed by atoms with van der Waals surface area (Å²) in [7, 11) is 11.6. The summed E-state index contributed by atoms with van der Waals surface area (Å²) in [6.45, 7) is 8.02. The van der Waals surface area contributed by atoms with Crippen LogP contribution in [0.15, 0.2) is 127 Å². The predicted molar refractivity (Wildman–Crippen MR) is 345 cm³/mol.